The first-order chi connectivity index (χ1) is 21.0. The minimum Gasteiger partial charge on any atom is -0.469 e. The second-order valence-electron chi connectivity index (χ2n) is 13.7. The van der Waals surface area contributed by atoms with E-state index in [9.17, 15) is 4.79 Å². The van der Waals surface area contributed by atoms with Gasteiger partial charge in [-0.15, -0.1) is 0 Å². The maximum absolute atomic E-state index is 13.1. The first kappa shape index (κ1) is 30.7. The van der Waals surface area contributed by atoms with Crippen molar-refractivity contribution in [3.63, 3.8) is 0 Å². The van der Waals surface area contributed by atoms with E-state index in [0.717, 1.165) is 19.4 Å². The minimum absolute atomic E-state index is 0.0144. The van der Waals surface area contributed by atoms with Crippen molar-refractivity contribution < 1.29 is 9.53 Å². The Hall–Kier alpha value is -3.30. The third-order valence-corrected chi connectivity index (χ3v) is 13.2. The average Bonchev–Trinajstić information content (AvgIpc) is 3.38. The highest BCUT2D eigenvalue weighted by atomic mass is 31.1. The largest absolute Gasteiger partial charge is 0.469 e. The molecule has 228 valence electrons. The van der Waals surface area contributed by atoms with Gasteiger partial charge >= 0.3 is 13.0 Å². The van der Waals surface area contributed by atoms with Crippen LogP contribution in [-0.2, 0) is 28.9 Å². The van der Waals surface area contributed by atoms with Crippen molar-refractivity contribution in [2.24, 2.45) is 5.41 Å². The van der Waals surface area contributed by atoms with E-state index in [-0.39, 0.29) is 13.0 Å². The summed E-state index contributed by atoms with van der Waals surface area (Å²) in [6.07, 6.45) is 1.45. The Labute approximate surface area is 265 Å². The molecule has 1 aliphatic heterocycles. The van der Waals surface area contributed by atoms with Gasteiger partial charge in [-0.25, -0.2) is 0 Å². The molecule has 0 saturated heterocycles. The molecule has 0 bridgehead atoms. The van der Waals surface area contributed by atoms with Crippen LogP contribution in [0.4, 0.5) is 11.4 Å². The van der Waals surface area contributed by atoms with Crippen LogP contribution in [0.15, 0.2) is 66.7 Å². The zero-order chi connectivity index (χ0) is 31.5. The Kier molecular flexibility index (Phi) is 8.08. The van der Waals surface area contributed by atoms with Crippen molar-refractivity contribution in [3.8, 4) is 0 Å². The SMILES string of the molecule is COC(=O)C1(C)Cc2c(C)c(C)c(B3N(Cc4ccccc4)c4cccc5cccc(c45)N3P(C(C)C)C(C)C)c(C)c2C1. The number of esters is 1. The van der Waals surface area contributed by atoms with Crippen LogP contribution in [0, 0.1) is 26.2 Å². The topological polar surface area (TPSA) is 32.8 Å². The number of ether oxygens (including phenoxy) is 1. The summed E-state index contributed by atoms with van der Waals surface area (Å²) in [5, 5.41) is 2.64. The zero-order valence-electron chi connectivity index (χ0n) is 27.9. The molecular formula is C38H46BN2O2P. The summed E-state index contributed by atoms with van der Waals surface area (Å²) in [6, 6.07) is 24.6. The highest BCUT2D eigenvalue weighted by Crippen LogP contribution is 2.57. The first-order valence-electron chi connectivity index (χ1n) is 16.1. The number of fused-ring (bicyclic) bond motifs is 1. The Morgan fingerprint density at radius 2 is 1.43 bits per heavy atom. The van der Waals surface area contributed by atoms with Crippen LogP contribution in [0.5, 0.6) is 0 Å². The molecule has 4 nitrogen and oxygen atoms in total. The number of anilines is 2. The summed E-state index contributed by atoms with van der Waals surface area (Å²) >= 11 is 0. The predicted molar refractivity (Wildman–Crippen MR) is 190 cm³/mol. The predicted octanol–water partition coefficient (Wildman–Crippen LogP) is 8.48. The fourth-order valence-electron chi connectivity index (χ4n) is 8.13. The number of methoxy groups -OCH3 is 1. The van der Waals surface area contributed by atoms with Crippen LogP contribution in [-0.4, -0.2) is 31.4 Å². The average molecular weight is 605 g/mol. The Bertz CT molecular complexity index is 1720. The highest BCUT2D eigenvalue weighted by molar-refractivity contribution is 7.63. The molecule has 44 heavy (non-hydrogen) atoms. The van der Waals surface area contributed by atoms with Gasteiger partial charge in [-0.1, -0.05) is 82.3 Å². The molecule has 1 aliphatic carbocycles. The molecule has 4 aromatic carbocycles. The summed E-state index contributed by atoms with van der Waals surface area (Å²) in [5.41, 5.74) is 12.5. The monoisotopic (exact) mass is 604 g/mol. The maximum atomic E-state index is 13.1. The number of rotatable bonds is 7. The maximum Gasteiger partial charge on any atom is 0.415 e. The van der Waals surface area contributed by atoms with E-state index in [0.29, 0.717) is 11.3 Å². The summed E-state index contributed by atoms with van der Waals surface area (Å²) in [5.74, 6) is -0.111. The molecule has 6 heteroatoms. The lowest BCUT2D eigenvalue weighted by molar-refractivity contribution is -0.151. The molecule has 0 N–H and O–H groups in total. The lowest BCUT2D eigenvalue weighted by Crippen LogP contribution is -2.63. The van der Waals surface area contributed by atoms with Gasteiger partial charge in [0.2, 0.25) is 0 Å². The Morgan fingerprint density at radius 3 is 2.02 bits per heavy atom. The van der Waals surface area contributed by atoms with Crippen LogP contribution in [0.25, 0.3) is 10.8 Å². The molecule has 0 aromatic heterocycles. The Morgan fingerprint density at radius 1 is 0.841 bits per heavy atom. The quantitative estimate of drug-likeness (QED) is 0.120. The summed E-state index contributed by atoms with van der Waals surface area (Å²) in [4.78, 5) is 15.7. The summed E-state index contributed by atoms with van der Waals surface area (Å²) in [6.45, 7) is 19.4. The van der Waals surface area contributed by atoms with Crippen molar-refractivity contribution in [3.05, 3.63) is 100 Å². The van der Waals surface area contributed by atoms with Crippen molar-refractivity contribution in [2.45, 2.75) is 86.1 Å². The normalized spacial score (nSPS) is 17.8. The van der Waals surface area contributed by atoms with Crippen LogP contribution in [0.3, 0.4) is 0 Å². The second-order valence-corrected chi connectivity index (χ2v) is 17.0. The molecule has 0 spiro atoms. The van der Waals surface area contributed by atoms with Gasteiger partial charge in [-0.3, -0.25) is 4.79 Å². The fourth-order valence-corrected chi connectivity index (χ4v) is 11.2. The highest BCUT2D eigenvalue weighted by Gasteiger charge is 2.48. The molecule has 0 radical (unpaired) electrons. The first-order valence-corrected chi connectivity index (χ1v) is 17.5. The zero-order valence-corrected chi connectivity index (χ0v) is 28.8. The molecular weight excluding hydrogens is 558 g/mol. The number of carbonyl (C=O) groups excluding carboxylic acids is 1. The number of hydrogen-bond acceptors (Lipinski definition) is 4. The van der Waals surface area contributed by atoms with E-state index in [4.69, 9.17) is 4.74 Å². The van der Waals surface area contributed by atoms with E-state index < -0.39 is 13.5 Å². The van der Waals surface area contributed by atoms with Crippen molar-refractivity contribution in [1.29, 1.82) is 0 Å². The van der Waals surface area contributed by atoms with Gasteiger partial charge in [0.1, 0.15) is 0 Å². The minimum atomic E-state index is -0.566. The van der Waals surface area contributed by atoms with Crippen molar-refractivity contribution >= 4 is 48.6 Å². The van der Waals surface area contributed by atoms with E-state index in [1.54, 1.807) is 0 Å². The van der Waals surface area contributed by atoms with Gasteiger partial charge in [-0.05, 0) is 116 Å². The standard InChI is InChI=1S/C38H46BN2O2P/c1-24(2)44(25(3)4)41-34-20-14-18-30-17-13-19-33(35(30)34)40(23-29-15-11-10-12-16-29)39(41)36-27(6)26(5)31-21-38(8,37(42)43-9)22-32(31)28(36)7/h10-20,24-25H,21-23H2,1-9H3. The van der Waals surface area contributed by atoms with Crippen LogP contribution >= 0.6 is 8.07 Å². The van der Waals surface area contributed by atoms with Gasteiger partial charge in [0, 0.05) is 23.3 Å². The van der Waals surface area contributed by atoms with Crippen molar-refractivity contribution in [1.82, 2.24) is 0 Å². The third kappa shape index (κ3) is 4.83. The van der Waals surface area contributed by atoms with Gasteiger partial charge < -0.3 is 14.1 Å². The molecule has 0 fully saturated rings. The van der Waals surface area contributed by atoms with Crippen LogP contribution in [0.2, 0.25) is 0 Å². The van der Waals surface area contributed by atoms with Crippen LogP contribution in [0.1, 0.15) is 68.0 Å². The van der Waals surface area contributed by atoms with E-state index >= 15 is 0 Å². The molecule has 1 atom stereocenters. The molecule has 2 aliphatic rings. The van der Waals surface area contributed by atoms with E-state index in [1.807, 2.05) is 0 Å². The summed E-state index contributed by atoms with van der Waals surface area (Å²) in [7, 11) is 0.954. The number of hydrogen-bond donors (Lipinski definition) is 0. The van der Waals surface area contributed by atoms with Crippen LogP contribution < -0.4 is 14.9 Å². The second kappa shape index (κ2) is 11.6. The fraction of sp³-hybridized carbons (Fsp3) is 0.395. The van der Waals surface area contributed by atoms with Gasteiger partial charge in [-0.2, -0.15) is 0 Å². The third-order valence-electron chi connectivity index (χ3n) is 10.2. The van der Waals surface area contributed by atoms with E-state index in [1.165, 1.54) is 68.1 Å². The number of benzene rings is 4. The lowest BCUT2D eigenvalue weighted by Gasteiger charge is -2.51. The molecule has 1 heterocycles. The number of nitrogens with zero attached hydrogens (tertiary/aromatic N) is 2. The smallest absolute Gasteiger partial charge is 0.415 e. The van der Waals surface area contributed by atoms with E-state index in [2.05, 4.69) is 132 Å². The number of carbonyl (C=O) groups is 1. The Balaban J connectivity index is 1.67. The van der Waals surface area contributed by atoms with Gasteiger partial charge in [0.15, 0.2) is 0 Å². The molecule has 6 rings (SSSR count). The molecule has 0 amide bonds. The summed E-state index contributed by atoms with van der Waals surface area (Å²) < 4.78 is 8.16. The molecule has 1 unspecified atom stereocenters. The van der Waals surface area contributed by atoms with Gasteiger partial charge in [0.05, 0.1) is 12.5 Å². The molecule has 0 saturated carbocycles. The van der Waals surface area contributed by atoms with Gasteiger partial charge in [0.25, 0.3) is 0 Å². The molecule has 4 aromatic rings. The van der Waals surface area contributed by atoms with Crippen molar-refractivity contribution in [2.75, 3.05) is 16.5 Å². The lowest BCUT2D eigenvalue weighted by atomic mass is 9.58.